The molecular formula is C23H20ClNO3S. The highest BCUT2D eigenvalue weighted by atomic mass is 35.5. The first-order chi connectivity index (χ1) is 13.9. The first-order valence-corrected chi connectivity index (χ1v) is 11.2. The van der Waals surface area contributed by atoms with Crippen molar-refractivity contribution in [3.8, 4) is 0 Å². The number of nitrogens with zero attached hydrogens (tertiary/aromatic N) is 1. The largest absolute Gasteiger partial charge is 0.292 e. The number of rotatable bonds is 4. The van der Waals surface area contributed by atoms with Crippen molar-refractivity contribution in [3.63, 3.8) is 0 Å². The summed E-state index contributed by atoms with van der Waals surface area (Å²) in [6, 6.07) is 19.9. The summed E-state index contributed by atoms with van der Waals surface area (Å²) in [7, 11) is -3.85. The van der Waals surface area contributed by atoms with Crippen molar-refractivity contribution in [3.05, 3.63) is 100 Å². The quantitative estimate of drug-likeness (QED) is 0.563. The van der Waals surface area contributed by atoms with Crippen LogP contribution in [0.4, 0.5) is 0 Å². The maximum Gasteiger partial charge on any atom is 0.244 e. The van der Waals surface area contributed by atoms with E-state index >= 15 is 0 Å². The van der Waals surface area contributed by atoms with Crippen molar-refractivity contribution in [1.82, 2.24) is 4.31 Å². The Kier molecular flexibility index (Phi) is 5.30. The number of aryl methyl sites for hydroxylation is 1. The number of fused-ring (bicyclic) bond motifs is 1. The van der Waals surface area contributed by atoms with Gasteiger partial charge in [-0.2, -0.15) is 4.31 Å². The molecule has 0 N–H and O–H groups in total. The van der Waals surface area contributed by atoms with Gasteiger partial charge >= 0.3 is 0 Å². The van der Waals surface area contributed by atoms with Crippen LogP contribution in [0.15, 0.2) is 77.7 Å². The van der Waals surface area contributed by atoms with E-state index in [1.165, 1.54) is 4.31 Å². The number of Topliss-reactive ketones (excluding diaryl/α,β-unsaturated/α-hetero) is 1. The van der Waals surface area contributed by atoms with E-state index in [1.807, 2.05) is 19.1 Å². The third-order valence-electron chi connectivity index (χ3n) is 5.22. The molecule has 0 fully saturated rings. The van der Waals surface area contributed by atoms with Crippen LogP contribution >= 0.6 is 11.6 Å². The minimum absolute atomic E-state index is 0.186. The first kappa shape index (κ1) is 19.8. The SMILES string of the molecule is Cc1ccc(S(=O)(=O)N2CCc3cc(Cl)ccc3C2C(=O)c2ccccc2)cc1. The zero-order valence-corrected chi connectivity index (χ0v) is 17.5. The maximum absolute atomic E-state index is 13.5. The number of sulfonamides is 1. The third-order valence-corrected chi connectivity index (χ3v) is 7.34. The molecule has 0 aromatic heterocycles. The van der Waals surface area contributed by atoms with Crippen LogP contribution in [-0.2, 0) is 16.4 Å². The lowest BCUT2D eigenvalue weighted by Gasteiger charge is -2.35. The Morgan fingerprint density at radius 1 is 1.00 bits per heavy atom. The molecule has 0 aliphatic carbocycles. The summed E-state index contributed by atoms with van der Waals surface area (Å²) in [5.74, 6) is -0.246. The number of hydrogen-bond donors (Lipinski definition) is 0. The fourth-order valence-electron chi connectivity index (χ4n) is 3.71. The molecule has 0 amide bonds. The molecule has 0 spiro atoms. The van der Waals surface area contributed by atoms with Crippen LogP contribution in [0.2, 0.25) is 5.02 Å². The molecule has 1 heterocycles. The molecule has 1 aliphatic rings. The van der Waals surface area contributed by atoms with Crippen molar-refractivity contribution in [2.24, 2.45) is 0 Å². The molecule has 29 heavy (non-hydrogen) atoms. The van der Waals surface area contributed by atoms with E-state index in [-0.39, 0.29) is 17.2 Å². The van der Waals surface area contributed by atoms with Gasteiger partial charge in [-0.3, -0.25) is 4.79 Å². The molecule has 1 aliphatic heterocycles. The van der Waals surface area contributed by atoms with Crippen molar-refractivity contribution in [1.29, 1.82) is 0 Å². The smallest absolute Gasteiger partial charge is 0.244 e. The van der Waals surface area contributed by atoms with Crippen molar-refractivity contribution >= 4 is 27.4 Å². The number of carbonyl (C=O) groups is 1. The zero-order chi connectivity index (χ0) is 20.6. The van der Waals surface area contributed by atoms with E-state index < -0.39 is 16.1 Å². The van der Waals surface area contributed by atoms with Crippen LogP contribution < -0.4 is 0 Å². The van der Waals surface area contributed by atoms with Gasteiger partial charge in [-0.25, -0.2) is 8.42 Å². The number of ketones is 1. The lowest BCUT2D eigenvalue weighted by molar-refractivity contribution is 0.0887. The Labute approximate surface area is 175 Å². The van der Waals surface area contributed by atoms with Crippen LogP contribution in [-0.4, -0.2) is 25.1 Å². The number of benzene rings is 3. The van der Waals surface area contributed by atoms with Gasteiger partial charge in [0, 0.05) is 17.1 Å². The van der Waals surface area contributed by atoms with Gasteiger partial charge in [0.2, 0.25) is 10.0 Å². The molecule has 6 heteroatoms. The van der Waals surface area contributed by atoms with Crippen LogP contribution in [0.5, 0.6) is 0 Å². The van der Waals surface area contributed by atoms with E-state index in [0.29, 0.717) is 22.6 Å². The highest BCUT2D eigenvalue weighted by Gasteiger charge is 2.40. The molecular weight excluding hydrogens is 406 g/mol. The minimum atomic E-state index is -3.85. The normalized spacial score (nSPS) is 17.0. The summed E-state index contributed by atoms with van der Waals surface area (Å²) in [4.78, 5) is 13.6. The maximum atomic E-state index is 13.5. The molecule has 3 aromatic carbocycles. The second-order valence-corrected chi connectivity index (χ2v) is 9.48. The highest BCUT2D eigenvalue weighted by molar-refractivity contribution is 7.89. The van der Waals surface area contributed by atoms with Gasteiger partial charge < -0.3 is 0 Å². The molecule has 0 saturated carbocycles. The van der Waals surface area contributed by atoms with Gasteiger partial charge in [0.1, 0.15) is 6.04 Å². The van der Waals surface area contributed by atoms with Crippen molar-refractivity contribution in [2.75, 3.05) is 6.54 Å². The van der Waals surface area contributed by atoms with Gasteiger partial charge in [0.05, 0.1) is 4.90 Å². The Balaban J connectivity index is 1.85. The summed E-state index contributed by atoms with van der Waals surface area (Å²) in [5.41, 5.74) is 3.04. The summed E-state index contributed by atoms with van der Waals surface area (Å²) >= 11 is 6.14. The Morgan fingerprint density at radius 2 is 1.69 bits per heavy atom. The van der Waals surface area contributed by atoms with Gasteiger partial charge in [-0.1, -0.05) is 65.7 Å². The minimum Gasteiger partial charge on any atom is -0.292 e. The van der Waals surface area contributed by atoms with Gasteiger partial charge in [0.15, 0.2) is 5.78 Å². The van der Waals surface area contributed by atoms with E-state index in [2.05, 4.69) is 0 Å². The monoisotopic (exact) mass is 425 g/mol. The fourth-order valence-corrected chi connectivity index (χ4v) is 5.47. The lowest BCUT2D eigenvalue weighted by Crippen LogP contribution is -2.43. The third kappa shape index (κ3) is 3.73. The molecule has 148 valence electrons. The van der Waals surface area contributed by atoms with Crippen LogP contribution in [0.1, 0.15) is 33.1 Å². The lowest BCUT2D eigenvalue weighted by atomic mass is 9.89. The van der Waals surface area contributed by atoms with Crippen molar-refractivity contribution < 1.29 is 13.2 Å². The molecule has 0 saturated heterocycles. The predicted molar refractivity (Wildman–Crippen MR) is 114 cm³/mol. The fraction of sp³-hybridized carbons (Fsp3) is 0.174. The van der Waals surface area contributed by atoms with E-state index in [0.717, 1.165) is 11.1 Å². The second kappa shape index (κ2) is 7.75. The molecule has 1 unspecified atom stereocenters. The second-order valence-electron chi connectivity index (χ2n) is 7.15. The number of hydrogen-bond acceptors (Lipinski definition) is 3. The predicted octanol–water partition coefficient (Wildman–Crippen LogP) is 4.82. The van der Waals surface area contributed by atoms with E-state index in [1.54, 1.807) is 60.7 Å². The summed E-state index contributed by atoms with van der Waals surface area (Å²) in [6.45, 7) is 2.12. The van der Waals surface area contributed by atoms with Crippen LogP contribution in [0.25, 0.3) is 0 Å². The topological polar surface area (TPSA) is 54.5 Å². The zero-order valence-electron chi connectivity index (χ0n) is 15.9. The summed E-state index contributed by atoms with van der Waals surface area (Å²) in [6.07, 6.45) is 0.500. The average molecular weight is 426 g/mol. The summed E-state index contributed by atoms with van der Waals surface area (Å²) in [5, 5.41) is 0.574. The van der Waals surface area contributed by atoms with Crippen LogP contribution in [0.3, 0.4) is 0 Å². The molecule has 1 atom stereocenters. The van der Waals surface area contributed by atoms with E-state index in [9.17, 15) is 13.2 Å². The van der Waals surface area contributed by atoms with Crippen LogP contribution in [0, 0.1) is 6.92 Å². The Hall–Kier alpha value is -2.47. The highest BCUT2D eigenvalue weighted by Crippen LogP contribution is 2.37. The molecule has 3 aromatic rings. The summed E-state index contributed by atoms with van der Waals surface area (Å²) < 4.78 is 28.3. The number of halogens is 1. The van der Waals surface area contributed by atoms with Crippen molar-refractivity contribution in [2.45, 2.75) is 24.3 Å². The molecule has 0 radical (unpaired) electrons. The first-order valence-electron chi connectivity index (χ1n) is 9.34. The standard InChI is InChI=1S/C23H20ClNO3S/c1-16-7-10-20(11-8-16)29(27,28)25-14-13-18-15-19(24)9-12-21(18)22(25)23(26)17-5-3-2-4-6-17/h2-12,15,22H,13-14H2,1H3. The molecule has 0 bridgehead atoms. The van der Waals surface area contributed by atoms with E-state index in [4.69, 9.17) is 11.6 Å². The Bertz CT molecular complexity index is 1160. The Morgan fingerprint density at radius 3 is 2.38 bits per heavy atom. The average Bonchev–Trinajstić information content (AvgIpc) is 2.73. The number of carbonyl (C=O) groups excluding carboxylic acids is 1. The molecule has 4 rings (SSSR count). The van der Waals surface area contributed by atoms with Gasteiger partial charge in [-0.05, 0) is 48.7 Å². The van der Waals surface area contributed by atoms with Gasteiger partial charge in [0.25, 0.3) is 0 Å². The molecule has 4 nitrogen and oxygen atoms in total. The van der Waals surface area contributed by atoms with Gasteiger partial charge in [-0.15, -0.1) is 0 Å².